The molecule has 0 radical (unpaired) electrons. The van der Waals surface area contributed by atoms with Gasteiger partial charge in [-0.15, -0.1) is 0 Å². The van der Waals surface area contributed by atoms with Crippen LogP contribution in [0.4, 0.5) is 5.13 Å². The van der Waals surface area contributed by atoms with Crippen molar-refractivity contribution in [1.29, 1.82) is 0 Å². The van der Waals surface area contributed by atoms with E-state index < -0.39 is 0 Å². The molecule has 0 spiro atoms. The Hall–Kier alpha value is -2.15. The Morgan fingerprint density at radius 3 is 2.96 bits per heavy atom. The number of anilines is 1. The van der Waals surface area contributed by atoms with Crippen molar-refractivity contribution < 1.29 is 14.3 Å². The highest BCUT2D eigenvalue weighted by atomic mass is 32.1. The molecule has 1 unspecified atom stereocenters. The standard InChI is InChI=1S/C19H23N3O3S/c1-2-25-14-7-8-15-16(10-14)26-19(21-15)22-11-12(9-17(22)23)18(24)20-13-5-3-4-6-13/h7-8,10,12-13H,2-6,9,11H2,1H3,(H,20,24). The number of amides is 2. The number of nitrogens with zero attached hydrogens (tertiary/aromatic N) is 2. The summed E-state index contributed by atoms with van der Waals surface area (Å²) < 4.78 is 6.51. The van der Waals surface area contributed by atoms with Crippen LogP contribution in [0, 0.1) is 5.92 Å². The highest BCUT2D eigenvalue weighted by Crippen LogP contribution is 2.34. The lowest BCUT2D eigenvalue weighted by atomic mass is 10.1. The summed E-state index contributed by atoms with van der Waals surface area (Å²) in [5.41, 5.74) is 0.847. The summed E-state index contributed by atoms with van der Waals surface area (Å²) in [4.78, 5) is 31.2. The van der Waals surface area contributed by atoms with E-state index in [1.165, 1.54) is 24.2 Å². The summed E-state index contributed by atoms with van der Waals surface area (Å²) in [7, 11) is 0. The molecule has 1 aromatic carbocycles. The second kappa shape index (κ2) is 7.23. The number of carbonyl (C=O) groups excluding carboxylic acids is 2. The van der Waals surface area contributed by atoms with Crippen molar-refractivity contribution in [3.05, 3.63) is 18.2 Å². The zero-order valence-corrected chi connectivity index (χ0v) is 15.7. The van der Waals surface area contributed by atoms with E-state index in [1.807, 2.05) is 25.1 Å². The van der Waals surface area contributed by atoms with Crippen LogP contribution < -0.4 is 15.0 Å². The Morgan fingerprint density at radius 2 is 2.19 bits per heavy atom. The zero-order valence-electron chi connectivity index (χ0n) is 14.9. The molecule has 2 aliphatic rings. The Balaban J connectivity index is 1.48. The van der Waals surface area contributed by atoms with Crippen LogP contribution in [0.2, 0.25) is 0 Å². The second-order valence-electron chi connectivity index (χ2n) is 6.95. The molecule has 0 bridgehead atoms. The maximum Gasteiger partial charge on any atom is 0.229 e. The number of carbonyl (C=O) groups is 2. The van der Waals surface area contributed by atoms with Gasteiger partial charge in [0.15, 0.2) is 5.13 Å². The highest BCUT2D eigenvalue weighted by molar-refractivity contribution is 7.22. The van der Waals surface area contributed by atoms with Crippen molar-refractivity contribution >= 4 is 38.5 Å². The molecule has 7 heteroatoms. The van der Waals surface area contributed by atoms with Crippen LogP contribution >= 0.6 is 11.3 Å². The number of thiazole rings is 1. The maximum atomic E-state index is 12.5. The van der Waals surface area contributed by atoms with Gasteiger partial charge in [-0.05, 0) is 38.0 Å². The minimum Gasteiger partial charge on any atom is -0.494 e. The Morgan fingerprint density at radius 1 is 1.38 bits per heavy atom. The Kier molecular flexibility index (Phi) is 4.80. The number of nitrogens with one attached hydrogen (secondary N) is 1. The first kappa shape index (κ1) is 17.3. The second-order valence-corrected chi connectivity index (χ2v) is 7.96. The molecule has 2 fully saturated rings. The number of fused-ring (bicyclic) bond motifs is 1. The van der Waals surface area contributed by atoms with Crippen molar-refractivity contribution in [1.82, 2.24) is 10.3 Å². The summed E-state index contributed by atoms with van der Waals surface area (Å²) in [6.45, 7) is 2.97. The van der Waals surface area contributed by atoms with Crippen LogP contribution in [0.25, 0.3) is 10.2 Å². The van der Waals surface area contributed by atoms with Gasteiger partial charge < -0.3 is 10.1 Å². The van der Waals surface area contributed by atoms with E-state index in [4.69, 9.17) is 4.74 Å². The molecule has 1 saturated heterocycles. The average Bonchev–Trinajstić information content (AvgIpc) is 3.33. The lowest BCUT2D eigenvalue weighted by molar-refractivity contribution is -0.126. The molecular weight excluding hydrogens is 350 g/mol. The summed E-state index contributed by atoms with van der Waals surface area (Å²) in [6.07, 6.45) is 4.72. The van der Waals surface area contributed by atoms with Gasteiger partial charge in [0.05, 0.1) is 22.7 Å². The van der Waals surface area contributed by atoms with E-state index >= 15 is 0 Å². The van der Waals surface area contributed by atoms with Crippen LogP contribution in [0.1, 0.15) is 39.0 Å². The number of hydrogen-bond donors (Lipinski definition) is 1. The third-order valence-electron chi connectivity index (χ3n) is 5.09. The van der Waals surface area contributed by atoms with Crippen molar-refractivity contribution in [3.63, 3.8) is 0 Å². The largest absolute Gasteiger partial charge is 0.494 e. The molecule has 4 rings (SSSR count). The molecule has 1 N–H and O–H groups in total. The molecule has 1 aliphatic heterocycles. The van der Waals surface area contributed by atoms with Gasteiger partial charge >= 0.3 is 0 Å². The fourth-order valence-corrected chi connectivity index (χ4v) is 4.74. The van der Waals surface area contributed by atoms with Gasteiger partial charge in [0, 0.05) is 19.0 Å². The summed E-state index contributed by atoms with van der Waals surface area (Å²) in [5, 5.41) is 3.77. The fraction of sp³-hybridized carbons (Fsp3) is 0.526. The van der Waals surface area contributed by atoms with Crippen molar-refractivity contribution in [3.8, 4) is 5.75 Å². The number of benzene rings is 1. The van der Waals surface area contributed by atoms with Crippen molar-refractivity contribution in [2.75, 3.05) is 18.1 Å². The first-order valence-electron chi connectivity index (χ1n) is 9.28. The monoisotopic (exact) mass is 373 g/mol. The third kappa shape index (κ3) is 3.40. The van der Waals surface area contributed by atoms with Crippen LogP contribution in [0.15, 0.2) is 18.2 Å². The van der Waals surface area contributed by atoms with Gasteiger partial charge in [-0.3, -0.25) is 14.5 Å². The van der Waals surface area contributed by atoms with Crippen LogP contribution in [-0.2, 0) is 9.59 Å². The summed E-state index contributed by atoms with van der Waals surface area (Å²) in [5.74, 6) is 0.499. The van der Waals surface area contributed by atoms with E-state index in [0.717, 1.165) is 28.8 Å². The average molecular weight is 373 g/mol. The topological polar surface area (TPSA) is 71.5 Å². The predicted molar refractivity (Wildman–Crippen MR) is 102 cm³/mol. The molecule has 1 atom stereocenters. The van der Waals surface area contributed by atoms with Gasteiger partial charge in [0.2, 0.25) is 11.8 Å². The SMILES string of the molecule is CCOc1ccc2nc(N3CC(C(=O)NC4CCCC4)CC3=O)sc2c1. The quantitative estimate of drug-likeness (QED) is 0.874. The lowest BCUT2D eigenvalue weighted by Crippen LogP contribution is -2.38. The summed E-state index contributed by atoms with van der Waals surface area (Å²) in [6, 6.07) is 6.03. The van der Waals surface area contributed by atoms with Gasteiger partial charge in [0.1, 0.15) is 5.75 Å². The fourth-order valence-electron chi connectivity index (χ4n) is 3.72. The Bertz CT molecular complexity index is 829. The van der Waals surface area contributed by atoms with Gasteiger partial charge in [0.25, 0.3) is 0 Å². The van der Waals surface area contributed by atoms with E-state index in [2.05, 4.69) is 10.3 Å². The van der Waals surface area contributed by atoms with E-state index in [-0.39, 0.29) is 30.2 Å². The normalized spacial score (nSPS) is 20.9. The van der Waals surface area contributed by atoms with Crippen LogP contribution in [0.5, 0.6) is 5.75 Å². The minimum atomic E-state index is -0.283. The van der Waals surface area contributed by atoms with Crippen LogP contribution in [0.3, 0.4) is 0 Å². The third-order valence-corrected chi connectivity index (χ3v) is 6.13. The number of aromatic nitrogens is 1. The molecule has 6 nitrogen and oxygen atoms in total. The molecule has 2 amide bonds. The molecule has 1 aromatic heterocycles. The first-order valence-corrected chi connectivity index (χ1v) is 10.1. The zero-order chi connectivity index (χ0) is 18.1. The highest BCUT2D eigenvalue weighted by Gasteiger charge is 2.37. The van der Waals surface area contributed by atoms with E-state index in [0.29, 0.717) is 18.3 Å². The molecule has 1 aliphatic carbocycles. The minimum absolute atomic E-state index is 0.00694. The predicted octanol–water partition coefficient (Wildman–Crippen LogP) is 3.11. The number of rotatable bonds is 5. The van der Waals surface area contributed by atoms with Crippen LogP contribution in [-0.4, -0.2) is 36.0 Å². The molecular formula is C19H23N3O3S. The van der Waals surface area contributed by atoms with Gasteiger partial charge in [-0.2, -0.15) is 0 Å². The van der Waals surface area contributed by atoms with Gasteiger partial charge in [-0.25, -0.2) is 4.98 Å². The van der Waals surface area contributed by atoms with Crippen molar-refractivity contribution in [2.24, 2.45) is 5.92 Å². The molecule has 1 saturated carbocycles. The Labute approximate surface area is 156 Å². The van der Waals surface area contributed by atoms with Crippen molar-refractivity contribution in [2.45, 2.75) is 45.1 Å². The molecule has 2 heterocycles. The summed E-state index contributed by atoms with van der Waals surface area (Å²) >= 11 is 1.47. The van der Waals surface area contributed by atoms with E-state index in [9.17, 15) is 9.59 Å². The lowest BCUT2D eigenvalue weighted by Gasteiger charge is -2.16. The maximum absolute atomic E-state index is 12.5. The number of hydrogen-bond acceptors (Lipinski definition) is 5. The number of ether oxygens (including phenoxy) is 1. The molecule has 2 aromatic rings. The van der Waals surface area contributed by atoms with Gasteiger partial charge in [-0.1, -0.05) is 24.2 Å². The smallest absolute Gasteiger partial charge is 0.229 e. The molecule has 138 valence electrons. The molecule has 26 heavy (non-hydrogen) atoms. The van der Waals surface area contributed by atoms with E-state index in [1.54, 1.807) is 4.90 Å². The first-order chi connectivity index (χ1) is 12.6.